The van der Waals surface area contributed by atoms with Gasteiger partial charge in [0.05, 0.1) is 24.1 Å². The van der Waals surface area contributed by atoms with Gasteiger partial charge >= 0.3 is 5.97 Å². The predicted molar refractivity (Wildman–Crippen MR) is 161 cm³/mol. The number of anilines is 2. The van der Waals surface area contributed by atoms with Gasteiger partial charge in [0.1, 0.15) is 4.90 Å². The predicted octanol–water partition coefficient (Wildman–Crippen LogP) is 5.64. The monoisotopic (exact) mass is 577 g/mol. The Balaban J connectivity index is 1.67. The molecule has 1 aliphatic heterocycles. The molecule has 0 radical (unpaired) electrons. The molecule has 0 saturated carbocycles. The number of nitrogens with zero attached hydrogens (tertiary/aromatic N) is 1. The maximum atomic E-state index is 13.9. The minimum absolute atomic E-state index is 0.0512. The molecule has 4 rings (SSSR count). The van der Waals surface area contributed by atoms with Gasteiger partial charge in [0.25, 0.3) is 0 Å². The van der Waals surface area contributed by atoms with Crippen molar-refractivity contribution in [2.75, 3.05) is 29.9 Å². The van der Waals surface area contributed by atoms with E-state index in [4.69, 9.17) is 4.74 Å². The Bertz CT molecular complexity index is 1430. The number of carbonyl (C=O) groups excluding carboxylic acids is 2. The van der Waals surface area contributed by atoms with Gasteiger partial charge in [-0.2, -0.15) is 0 Å². The van der Waals surface area contributed by atoms with Crippen molar-refractivity contribution >= 4 is 33.3 Å². The summed E-state index contributed by atoms with van der Waals surface area (Å²) in [6, 6.07) is 23.3. The topological polar surface area (TPSA) is 105 Å². The molecule has 1 fully saturated rings. The Morgan fingerprint density at radius 1 is 0.976 bits per heavy atom. The standard InChI is InChI=1S/C32H39N3O5S/c1-4-28(25-15-10-7-11-16-25)31(36)33-27-18-19-29(35-20-12-17-26(22-35)32(37)40-5-2)30(21-27)41(38,39)34-23(3)24-13-8-6-9-14-24/h6-11,13-16,18-19,21,23,26,28,34H,4-5,12,17,20,22H2,1-3H3,(H,33,36)/t23-,26+,28-/m0/s1. The van der Waals surface area contributed by atoms with Gasteiger partial charge in [-0.05, 0) is 62.4 Å². The zero-order valence-corrected chi connectivity index (χ0v) is 24.7. The van der Waals surface area contributed by atoms with E-state index in [0.29, 0.717) is 43.9 Å². The van der Waals surface area contributed by atoms with Crippen molar-refractivity contribution in [3.05, 3.63) is 90.0 Å². The number of rotatable bonds is 11. The lowest BCUT2D eigenvalue weighted by Crippen LogP contribution is -2.40. The van der Waals surface area contributed by atoms with Crippen molar-refractivity contribution in [3.8, 4) is 0 Å². The van der Waals surface area contributed by atoms with E-state index in [1.54, 1.807) is 26.0 Å². The first-order chi connectivity index (χ1) is 19.7. The van der Waals surface area contributed by atoms with Crippen LogP contribution in [0.1, 0.15) is 63.1 Å². The normalized spacial score (nSPS) is 17.0. The van der Waals surface area contributed by atoms with Crippen LogP contribution in [0, 0.1) is 5.92 Å². The van der Waals surface area contributed by atoms with Gasteiger partial charge in [-0.25, -0.2) is 13.1 Å². The summed E-state index contributed by atoms with van der Waals surface area (Å²) in [4.78, 5) is 27.8. The maximum Gasteiger partial charge on any atom is 0.310 e. The van der Waals surface area contributed by atoms with Crippen LogP contribution in [0.5, 0.6) is 0 Å². The Hall–Kier alpha value is -3.69. The second-order valence-electron chi connectivity index (χ2n) is 10.3. The van der Waals surface area contributed by atoms with Crippen LogP contribution in [0.4, 0.5) is 11.4 Å². The molecule has 3 atom stereocenters. The van der Waals surface area contributed by atoms with Gasteiger partial charge in [-0.3, -0.25) is 9.59 Å². The smallest absolute Gasteiger partial charge is 0.310 e. The quantitative estimate of drug-likeness (QED) is 0.286. The summed E-state index contributed by atoms with van der Waals surface area (Å²) >= 11 is 0. The Morgan fingerprint density at radius 3 is 2.27 bits per heavy atom. The second-order valence-corrected chi connectivity index (χ2v) is 12.0. The highest BCUT2D eigenvalue weighted by molar-refractivity contribution is 7.89. The molecular formula is C32H39N3O5S. The maximum absolute atomic E-state index is 13.9. The molecular weight excluding hydrogens is 538 g/mol. The highest BCUT2D eigenvalue weighted by atomic mass is 32.2. The van der Waals surface area contributed by atoms with E-state index in [9.17, 15) is 18.0 Å². The van der Waals surface area contributed by atoms with Crippen LogP contribution >= 0.6 is 0 Å². The van der Waals surface area contributed by atoms with Crippen LogP contribution in [0.25, 0.3) is 0 Å². The minimum atomic E-state index is -4.03. The molecule has 1 saturated heterocycles. The summed E-state index contributed by atoms with van der Waals surface area (Å²) in [5.74, 6) is -1.20. The molecule has 1 amide bonds. The van der Waals surface area contributed by atoms with E-state index in [-0.39, 0.29) is 28.6 Å². The summed E-state index contributed by atoms with van der Waals surface area (Å²) in [5.41, 5.74) is 2.60. The van der Waals surface area contributed by atoms with Crippen molar-refractivity contribution in [2.45, 2.75) is 56.9 Å². The van der Waals surface area contributed by atoms with Crippen molar-refractivity contribution in [1.82, 2.24) is 4.72 Å². The van der Waals surface area contributed by atoms with Gasteiger partial charge in [0.15, 0.2) is 0 Å². The molecule has 1 aliphatic rings. The van der Waals surface area contributed by atoms with E-state index < -0.39 is 16.1 Å². The lowest BCUT2D eigenvalue weighted by molar-refractivity contribution is -0.148. The molecule has 41 heavy (non-hydrogen) atoms. The van der Waals surface area contributed by atoms with Crippen LogP contribution in [0.15, 0.2) is 83.8 Å². The molecule has 9 heteroatoms. The average Bonchev–Trinajstić information content (AvgIpc) is 2.98. The Morgan fingerprint density at radius 2 is 1.63 bits per heavy atom. The number of nitrogens with one attached hydrogen (secondary N) is 2. The number of hydrogen-bond donors (Lipinski definition) is 2. The van der Waals surface area contributed by atoms with Crippen molar-refractivity contribution in [2.24, 2.45) is 5.92 Å². The second kappa shape index (κ2) is 13.8. The molecule has 0 aromatic heterocycles. The van der Waals surface area contributed by atoms with Crippen molar-refractivity contribution in [1.29, 1.82) is 0 Å². The fourth-order valence-corrected chi connectivity index (χ4v) is 6.79. The van der Waals surface area contributed by atoms with Gasteiger partial charge in [-0.1, -0.05) is 67.6 Å². The highest BCUT2D eigenvalue weighted by Gasteiger charge is 2.31. The Kier molecular flexibility index (Phi) is 10.2. The van der Waals surface area contributed by atoms with Crippen LogP contribution in [-0.4, -0.2) is 40.0 Å². The lowest BCUT2D eigenvalue weighted by atomic mass is 9.95. The average molecular weight is 578 g/mol. The summed E-state index contributed by atoms with van der Waals surface area (Å²) in [5, 5.41) is 2.94. The number of amides is 1. The SMILES string of the molecule is CCOC(=O)[C@@H]1CCCN(c2ccc(NC(=O)[C@@H](CC)c3ccccc3)cc2S(=O)(=O)N[C@@H](C)c2ccccc2)C1. The largest absolute Gasteiger partial charge is 0.466 e. The third kappa shape index (κ3) is 7.54. The molecule has 218 valence electrons. The van der Waals surface area contributed by atoms with Gasteiger partial charge < -0.3 is 15.0 Å². The van der Waals surface area contributed by atoms with E-state index in [0.717, 1.165) is 17.5 Å². The van der Waals surface area contributed by atoms with E-state index in [1.807, 2.05) is 72.5 Å². The van der Waals surface area contributed by atoms with E-state index >= 15 is 0 Å². The van der Waals surface area contributed by atoms with E-state index in [1.165, 1.54) is 6.07 Å². The molecule has 3 aromatic rings. The summed E-state index contributed by atoms with van der Waals surface area (Å²) in [7, 11) is -4.03. The zero-order chi connectivity index (χ0) is 29.4. The zero-order valence-electron chi connectivity index (χ0n) is 23.9. The van der Waals surface area contributed by atoms with Crippen LogP contribution in [0.3, 0.4) is 0 Å². The van der Waals surface area contributed by atoms with Crippen molar-refractivity contribution in [3.63, 3.8) is 0 Å². The van der Waals surface area contributed by atoms with Crippen LogP contribution < -0.4 is 14.9 Å². The van der Waals surface area contributed by atoms with E-state index in [2.05, 4.69) is 10.0 Å². The molecule has 2 N–H and O–H groups in total. The van der Waals surface area contributed by atoms with Crippen LogP contribution in [-0.2, 0) is 24.3 Å². The number of carbonyl (C=O) groups is 2. The molecule has 0 aliphatic carbocycles. The molecule has 0 bridgehead atoms. The fourth-order valence-electron chi connectivity index (χ4n) is 5.31. The van der Waals surface area contributed by atoms with Crippen LogP contribution in [0.2, 0.25) is 0 Å². The van der Waals surface area contributed by atoms with Crippen molar-refractivity contribution < 1.29 is 22.7 Å². The molecule has 8 nitrogen and oxygen atoms in total. The Labute approximate surface area is 243 Å². The minimum Gasteiger partial charge on any atom is -0.466 e. The number of esters is 1. The number of benzene rings is 3. The summed E-state index contributed by atoms with van der Waals surface area (Å²) in [6.45, 7) is 6.77. The number of piperidine rings is 1. The highest BCUT2D eigenvalue weighted by Crippen LogP contribution is 2.33. The summed E-state index contributed by atoms with van der Waals surface area (Å²) < 4.78 is 35.9. The van der Waals surface area contributed by atoms with Gasteiger partial charge in [0, 0.05) is 24.8 Å². The molecule has 0 spiro atoms. The first kappa shape index (κ1) is 30.3. The third-order valence-electron chi connectivity index (χ3n) is 7.46. The number of hydrogen-bond acceptors (Lipinski definition) is 6. The first-order valence-corrected chi connectivity index (χ1v) is 15.7. The van der Waals surface area contributed by atoms with Gasteiger partial charge in [0.2, 0.25) is 15.9 Å². The third-order valence-corrected chi connectivity index (χ3v) is 9.03. The fraction of sp³-hybridized carbons (Fsp3) is 0.375. The molecule has 1 heterocycles. The number of sulfonamides is 1. The lowest BCUT2D eigenvalue weighted by Gasteiger charge is -2.34. The summed E-state index contributed by atoms with van der Waals surface area (Å²) in [6.07, 6.45) is 2.01. The molecule has 3 aromatic carbocycles. The molecule has 0 unspecified atom stereocenters. The van der Waals surface area contributed by atoms with Gasteiger partial charge in [-0.15, -0.1) is 0 Å². The number of ether oxygens (including phenoxy) is 1. The first-order valence-electron chi connectivity index (χ1n) is 14.2.